The van der Waals surface area contributed by atoms with Gasteiger partial charge in [0.1, 0.15) is 32.7 Å². The molecule has 1 fully saturated rings. The van der Waals surface area contributed by atoms with Gasteiger partial charge < -0.3 is 15.1 Å². The first-order valence-electron chi connectivity index (χ1n) is 8.96. The van der Waals surface area contributed by atoms with Crippen LogP contribution in [-0.4, -0.2) is 38.6 Å². The van der Waals surface area contributed by atoms with Gasteiger partial charge in [-0.2, -0.15) is 0 Å². The molecule has 4 nitrogen and oxygen atoms in total. The van der Waals surface area contributed by atoms with Crippen molar-refractivity contribution in [1.29, 1.82) is 0 Å². The highest BCUT2D eigenvalue weighted by Gasteiger charge is 2.23. The average Bonchev–Trinajstić information content (AvgIpc) is 2.64. The molecule has 1 saturated heterocycles. The molecule has 5 heteroatoms. The summed E-state index contributed by atoms with van der Waals surface area (Å²) in [5.74, 6) is 0.0414. The monoisotopic (exact) mass is 359 g/mol. The van der Waals surface area contributed by atoms with E-state index in [9.17, 15) is 4.79 Å². The van der Waals surface area contributed by atoms with Gasteiger partial charge in [0.2, 0.25) is 5.91 Å². The van der Waals surface area contributed by atoms with E-state index >= 15 is 0 Å². The van der Waals surface area contributed by atoms with E-state index in [2.05, 4.69) is 35.6 Å². The predicted molar refractivity (Wildman–Crippen MR) is 101 cm³/mol. The fourth-order valence-electron chi connectivity index (χ4n) is 3.33. The van der Waals surface area contributed by atoms with Gasteiger partial charge in [0.05, 0.1) is 23.7 Å². The SMILES string of the molecule is O=C(CC[NH+]1CC[NH+](Cc2ccccc2)CC1)Nc1ccccc1Cl. The van der Waals surface area contributed by atoms with Crippen LogP contribution in [0.4, 0.5) is 5.69 Å². The summed E-state index contributed by atoms with van der Waals surface area (Å²) < 4.78 is 0. The number of rotatable bonds is 6. The Kier molecular flexibility index (Phi) is 6.45. The molecule has 1 heterocycles. The summed E-state index contributed by atoms with van der Waals surface area (Å²) in [4.78, 5) is 15.3. The standard InChI is InChI=1S/C20H24ClN3O/c21-18-8-4-5-9-19(18)22-20(25)10-11-23-12-14-24(15-13-23)16-17-6-2-1-3-7-17/h1-9H,10-16H2,(H,22,25)/p+2. The minimum Gasteiger partial charge on any atom is -0.325 e. The van der Waals surface area contributed by atoms with E-state index in [0.717, 1.165) is 39.3 Å². The number of hydrogen-bond acceptors (Lipinski definition) is 1. The molecule has 132 valence electrons. The molecule has 0 spiro atoms. The van der Waals surface area contributed by atoms with E-state index in [1.165, 1.54) is 10.5 Å². The van der Waals surface area contributed by atoms with Gasteiger partial charge in [0.25, 0.3) is 0 Å². The molecular formula is C20H26ClN3O+2. The van der Waals surface area contributed by atoms with Crippen LogP contribution in [0.5, 0.6) is 0 Å². The Morgan fingerprint density at radius 2 is 1.56 bits per heavy atom. The number of carbonyl (C=O) groups is 1. The lowest BCUT2D eigenvalue weighted by atomic mass is 10.2. The Morgan fingerprint density at radius 1 is 0.920 bits per heavy atom. The van der Waals surface area contributed by atoms with Crippen LogP contribution in [0.25, 0.3) is 0 Å². The zero-order chi connectivity index (χ0) is 17.5. The molecular weight excluding hydrogens is 334 g/mol. The summed E-state index contributed by atoms with van der Waals surface area (Å²) in [5.41, 5.74) is 2.10. The van der Waals surface area contributed by atoms with E-state index in [1.807, 2.05) is 18.2 Å². The highest BCUT2D eigenvalue weighted by molar-refractivity contribution is 6.33. The van der Waals surface area contributed by atoms with Crippen molar-refractivity contribution in [2.45, 2.75) is 13.0 Å². The molecule has 3 rings (SSSR count). The minimum atomic E-state index is 0.0414. The third-order valence-corrected chi connectivity index (χ3v) is 5.14. The van der Waals surface area contributed by atoms with E-state index in [0.29, 0.717) is 17.1 Å². The van der Waals surface area contributed by atoms with E-state index in [-0.39, 0.29) is 5.91 Å². The highest BCUT2D eigenvalue weighted by atomic mass is 35.5. The zero-order valence-corrected chi connectivity index (χ0v) is 15.2. The average molecular weight is 360 g/mol. The number of quaternary nitrogens is 2. The third kappa shape index (κ3) is 5.56. The number of benzene rings is 2. The summed E-state index contributed by atoms with van der Waals surface area (Å²) in [7, 11) is 0. The molecule has 0 radical (unpaired) electrons. The van der Waals surface area contributed by atoms with Crippen LogP contribution in [-0.2, 0) is 11.3 Å². The van der Waals surface area contributed by atoms with Crippen molar-refractivity contribution in [3.8, 4) is 0 Å². The molecule has 0 unspecified atom stereocenters. The van der Waals surface area contributed by atoms with Gasteiger partial charge in [-0.15, -0.1) is 0 Å². The normalized spacial score (nSPS) is 20.2. The number of nitrogens with one attached hydrogen (secondary N) is 3. The van der Waals surface area contributed by atoms with Crippen LogP contribution < -0.4 is 15.1 Å². The number of carbonyl (C=O) groups excluding carboxylic acids is 1. The number of hydrogen-bond donors (Lipinski definition) is 3. The first-order chi connectivity index (χ1) is 12.2. The van der Waals surface area contributed by atoms with Crippen molar-refractivity contribution in [2.24, 2.45) is 0 Å². The van der Waals surface area contributed by atoms with Crippen LogP contribution in [0.3, 0.4) is 0 Å². The summed E-state index contributed by atoms with van der Waals surface area (Å²) in [6.45, 7) is 6.56. The number of piperazine rings is 1. The first-order valence-corrected chi connectivity index (χ1v) is 9.34. The quantitative estimate of drug-likeness (QED) is 0.696. The Labute approximate surface area is 154 Å². The Morgan fingerprint density at radius 3 is 2.28 bits per heavy atom. The molecule has 3 N–H and O–H groups in total. The summed E-state index contributed by atoms with van der Waals surface area (Å²) in [5, 5.41) is 3.49. The largest absolute Gasteiger partial charge is 0.325 e. The van der Waals surface area contributed by atoms with Crippen LogP contribution in [0.2, 0.25) is 5.02 Å². The van der Waals surface area contributed by atoms with Gasteiger partial charge in [0, 0.05) is 5.56 Å². The summed E-state index contributed by atoms with van der Waals surface area (Å²) >= 11 is 6.08. The maximum Gasteiger partial charge on any atom is 0.230 e. The fourth-order valence-corrected chi connectivity index (χ4v) is 3.52. The number of halogens is 1. The first kappa shape index (κ1) is 17.9. The van der Waals surface area contributed by atoms with Crippen molar-refractivity contribution in [1.82, 2.24) is 0 Å². The Hall–Kier alpha value is -1.88. The lowest BCUT2D eigenvalue weighted by molar-refractivity contribution is -1.02. The molecule has 0 aliphatic carbocycles. The van der Waals surface area contributed by atoms with Crippen LogP contribution in [0.15, 0.2) is 54.6 Å². The van der Waals surface area contributed by atoms with Gasteiger partial charge in [-0.1, -0.05) is 54.1 Å². The maximum absolute atomic E-state index is 12.1. The number of para-hydroxylation sites is 1. The van der Waals surface area contributed by atoms with Gasteiger partial charge in [-0.05, 0) is 12.1 Å². The minimum absolute atomic E-state index is 0.0414. The van der Waals surface area contributed by atoms with Crippen molar-refractivity contribution < 1.29 is 14.6 Å². The van der Waals surface area contributed by atoms with Gasteiger partial charge in [-0.25, -0.2) is 0 Å². The second kappa shape index (κ2) is 8.99. The van der Waals surface area contributed by atoms with Gasteiger partial charge >= 0.3 is 0 Å². The molecule has 2 aromatic rings. The lowest BCUT2D eigenvalue weighted by Gasteiger charge is -2.29. The predicted octanol–water partition coefficient (Wildman–Crippen LogP) is 0.652. The molecule has 2 aromatic carbocycles. The van der Waals surface area contributed by atoms with E-state index in [1.54, 1.807) is 11.0 Å². The Bertz CT molecular complexity index is 684. The maximum atomic E-state index is 12.1. The van der Waals surface area contributed by atoms with Crippen molar-refractivity contribution in [3.05, 3.63) is 65.2 Å². The third-order valence-electron chi connectivity index (χ3n) is 4.81. The van der Waals surface area contributed by atoms with Crippen LogP contribution >= 0.6 is 11.6 Å². The lowest BCUT2D eigenvalue weighted by Crippen LogP contribution is -3.27. The smallest absolute Gasteiger partial charge is 0.230 e. The number of amides is 1. The number of anilines is 1. The Balaban J connectivity index is 1.38. The molecule has 1 aliphatic heterocycles. The molecule has 0 aromatic heterocycles. The summed E-state index contributed by atoms with van der Waals surface area (Å²) in [6.07, 6.45) is 0.536. The molecule has 0 bridgehead atoms. The molecule has 1 aliphatic rings. The van der Waals surface area contributed by atoms with E-state index in [4.69, 9.17) is 11.6 Å². The van der Waals surface area contributed by atoms with Gasteiger partial charge in [-0.3, -0.25) is 4.79 Å². The molecule has 25 heavy (non-hydrogen) atoms. The van der Waals surface area contributed by atoms with Gasteiger partial charge in [0.15, 0.2) is 0 Å². The second-order valence-corrected chi connectivity index (χ2v) is 7.10. The van der Waals surface area contributed by atoms with Crippen molar-refractivity contribution in [3.63, 3.8) is 0 Å². The highest BCUT2D eigenvalue weighted by Crippen LogP contribution is 2.20. The second-order valence-electron chi connectivity index (χ2n) is 6.69. The summed E-state index contributed by atoms with van der Waals surface area (Å²) in [6, 6.07) is 18.0. The van der Waals surface area contributed by atoms with E-state index < -0.39 is 0 Å². The fraction of sp³-hybridized carbons (Fsp3) is 0.350. The van der Waals surface area contributed by atoms with Crippen LogP contribution in [0, 0.1) is 0 Å². The van der Waals surface area contributed by atoms with Crippen LogP contribution in [0.1, 0.15) is 12.0 Å². The molecule has 0 atom stereocenters. The molecule has 0 saturated carbocycles. The van der Waals surface area contributed by atoms with Crippen molar-refractivity contribution >= 4 is 23.2 Å². The molecule has 1 amide bonds. The zero-order valence-electron chi connectivity index (χ0n) is 14.4. The topological polar surface area (TPSA) is 38.0 Å². The van der Waals surface area contributed by atoms with Crippen molar-refractivity contribution in [2.75, 3.05) is 38.0 Å².